The fraction of sp³-hybridized carbons (Fsp3) is 0.462. The van der Waals surface area contributed by atoms with Crippen molar-refractivity contribution in [2.24, 2.45) is 5.92 Å². The van der Waals surface area contributed by atoms with Gasteiger partial charge in [-0.05, 0) is 69.3 Å². The molecule has 1 saturated heterocycles. The number of carbonyl (C=O) groups excluding carboxylic acids is 1. The number of carbonyl (C=O) groups is 1. The van der Waals surface area contributed by atoms with Crippen LogP contribution in [0.3, 0.4) is 0 Å². The maximum Gasteiger partial charge on any atom is 0.270 e. The number of hydrogen-bond donors (Lipinski definition) is 4. The van der Waals surface area contributed by atoms with Crippen LogP contribution in [0.5, 0.6) is 0 Å². The van der Waals surface area contributed by atoms with Gasteiger partial charge >= 0.3 is 0 Å². The molecule has 4 heterocycles. The Labute approximate surface area is 226 Å². The van der Waals surface area contributed by atoms with E-state index in [-0.39, 0.29) is 18.2 Å². The standard InChI is InChI=1S/C26H34ClN7O2S/c27-23-20(28)14-22(33-24(23)30-10-3-1-5-13-35)25(36)31-15-18-7-11-34(12-8-18)17-19-16-32-26(37-19)21-6-2-4-9-29-21/h2,4,6,9,14,16,18,35H,1,3,5,7-8,10-13,15,17H2,(H,31,36)(H3,28,30,33). The quantitative estimate of drug-likeness (QED) is 0.252. The average Bonchev–Trinajstić information content (AvgIpc) is 3.39. The summed E-state index contributed by atoms with van der Waals surface area (Å²) >= 11 is 7.97. The molecule has 0 radical (unpaired) electrons. The molecule has 1 aliphatic heterocycles. The van der Waals surface area contributed by atoms with Crippen molar-refractivity contribution < 1.29 is 9.90 Å². The molecule has 0 unspecified atom stereocenters. The summed E-state index contributed by atoms with van der Waals surface area (Å²) in [4.78, 5) is 29.8. The van der Waals surface area contributed by atoms with Crippen LogP contribution in [-0.4, -0.2) is 63.7 Å². The molecule has 1 aliphatic rings. The van der Waals surface area contributed by atoms with Crippen LogP contribution in [0.15, 0.2) is 36.7 Å². The lowest BCUT2D eigenvalue weighted by atomic mass is 9.96. The van der Waals surface area contributed by atoms with Crippen molar-refractivity contribution in [1.82, 2.24) is 25.2 Å². The first-order valence-electron chi connectivity index (χ1n) is 12.7. The van der Waals surface area contributed by atoms with Gasteiger partial charge < -0.3 is 21.5 Å². The topological polar surface area (TPSA) is 129 Å². The Hall–Kier alpha value is -2.79. The van der Waals surface area contributed by atoms with Gasteiger partial charge in [0.15, 0.2) is 0 Å². The van der Waals surface area contributed by atoms with E-state index in [2.05, 4.69) is 30.5 Å². The molecule has 3 aromatic rings. The number of likely N-dealkylation sites (tertiary alicyclic amines) is 1. The minimum Gasteiger partial charge on any atom is -0.397 e. The largest absolute Gasteiger partial charge is 0.397 e. The number of nitrogens with two attached hydrogens (primary N) is 1. The van der Waals surface area contributed by atoms with Gasteiger partial charge in [-0.25, -0.2) is 9.97 Å². The number of thiazole rings is 1. The van der Waals surface area contributed by atoms with E-state index in [4.69, 9.17) is 22.4 Å². The van der Waals surface area contributed by atoms with E-state index in [0.29, 0.717) is 35.5 Å². The lowest BCUT2D eigenvalue weighted by Gasteiger charge is -2.31. The number of amides is 1. The molecule has 0 aromatic carbocycles. The highest BCUT2D eigenvalue weighted by Gasteiger charge is 2.22. The number of nitrogens with zero attached hydrogens (tertiary/aromatic N) is 4. The highest BCUT2D eigenvalue weighted by Crippen LogP contribution is 2.28. The van der Waals surface area contributed by atoms with Crippen LogP contribution in [0.2, 0.25) is 5.02 Å². The summed E-state index contributed by atoms with van der Waals surface area (Å²) in [5, 5.41) is 16.3. The monoisotopic (exact) mass is 543 g/mol. The number of aliphatic hydroxyl groups excluding tert-OH is 1. The Kier molecular flexibility index (Phi) is 10.1. The average molecular weight is 544 g/mol. The van der Waals surface area contributed by atoms with Gasteiger partial charge in [-0.1, -0.05) is 17.7 Å². The first-order chi connectivity index (χ1) is 18.0. The third-order valence-electron chi connectivity index (χ3n) is 6.42. The number of piperidine rings is 1. The molecule has 3 aromatic heterocycles. The van der Waals surface area contributed by atoms with Crippen molar-refractivity contribution in [3.8, 4) is 10.7 Å². The first kappa shape index (κ1) is 27.3. The number of hydrogen-bond acceptors (Lipinski definition) is 9. The van der Waals surface area contributed by atoms with Crippen molar-refractivity contribution in [3.63, 3.8) is 0 Å². The van der Waals surface area contributed by atoms with E-state index in [1.807, 2.05) is 24.4 Å². The Bertz CT molecular complexity index is 1150. The van der Waals surface area contributed by atoms with Gasteiger partial charge in [-0.3, -0.25) is 14.7 Å². The Morgan fingerprint density at radius 2 is 2.05 bits per heavy atom. The predicted octanol–water partition coefficient (Wildman–Crippen LogP) is 4.05. The van der Waals surface area contributed by atoms with E-state index in [1.165, 1.54) is 10.9 Å². The number of rotatable bonds is 12. The van der Waals surface area contributed by atoms with E-state index in [9.17, 15) is 4.79 Å². The molecule has 37 heavy (non-hydrogen) atoms. The second-order valence-corrected chi connectivity index (χ2v) is 10.7. The molecule has 1 amide bonds. The molecule has 1 fully saturated rings. The molecular formula is C26H34ClN7O2S. The summed E-state index contributed by atoms with van der Waals surface area (Å²) in [5.41, 5.74) is 7.51. The van der Waals surface area contributed by atoms with Crippen molar-refractivity contribution in [3.05, 3.63) is 52.3 Å². The Balaban J connectivity index is 1.22. The van der Waals surface area contributed by atoms with Gasteiger partial charge in [0, 0.05) is 43.5 Å². The number of anilines is 2. The number of aromatic nitrogens is 3. The summed E-state index contributed by atoms with van der Waals surface area (Å²) in [7, 11) is 0. The van der Waals surface area contributed by atoms with Crippen LogP contribution in [0.4, 0.5) is 11.5 Å². The van der Waals surface area contributed by atoms with E-state index < -0.39 is 0 Å². The first-order valence-corrected chi connectivity index (χ1v) is 13.9. The highest BCUT2D eigenvalue weighted by molar-refractivity contribution is 7.14. The van der Waals surface area contributed by atoms with Crippen molar-refractivity contribution in [1.29, 1.82) is 0 Å². The summed E-state index contributed by atoms with van der Waals surface area (Å²) in [6.45, 7) is 4.27. The molecule has 5 N–H and O–H groups in total. The van der Waals surface area contributed by atoms with Crippen LogP contribution in [0, 0.1) is 5.92 Å². The van der Waals surface area contributed by atoms with Crippen molar-refractivity contribution in [2.45, 2.75) is 38.6 Å². The minimum atomic E-state index is -0.249. The Morgan fingerprint density at radius 1 is 1.22 bits per heavy atom. The summed E-state index contributed by atoms with van der Waals surface area (Å²) in [5.74, 6) is 0.582. The third kappa shape index (κ3) is 7.85. The van der Waals surface area contributed by atoms with E-state index in [0.717, 1.165) is 62.4 Å². The van der Waals surface area contributed by atoms with Gasteiger partial charge in [0.2, 0.25) is 0 Å². The normalized spacial score (nSPS) is 14.5. The van der Waals surface area contributed by atoms with Gasteiger partial charge in [0.25, 0.3) is 5.91 Å². The number of aliphatic hydroxyl groups is 1. The molecule has 198 valence electrons. The number of pyridine rings is 2. The molecule has 0 bridgehead atoms. The molecule has 4 rings (SSSR count). The van der Waals surface area contributed by atoms with Crippen LogP contribution >= 0.6 is 22.9 Å². The second kappa shape index (κ2) is 13.7. The van der Waals surface area contributed by atoms with Gasteiger partial charge in [0.1, 0.15) is 21.5 Å². The van der Waals surface area contributed by atoms with E-state index >= 15 is 0 Å². The number of nitrogen functional groups attached to an aromatic ring is 1. The van der Waals surface area contributed by atoms with Gasteiger partial charge in [-0.2, -0.15) is 0 Å². The third-order valence-corrected chi connectivity index (χ3v) is 7.82. The SMILES string of the molecule is Nc1cc(C(=O)NCC2CCN(Cc3cnc(-c4ccccn4)s3)CC2)nc(NCCCCCO)c1Cl. The maximum atomic E-state index is 12.8. The molecule has 11 heteroatoms. The zero-order valence-corrected chi connectivity index (χ0v) is 22.4. The molecule has 0 spiro atoms. The Morgan fingerprint density at radius 3 is 2.81 bits per heavy atom. The minimum absolute atomic E-state index is 0.181. The zero-order chi connectivity index (χ0) is 26.0. The fourth-order valence-corrected chi connectivity index (χ4v) is 5.38. The number of nitrogens with one attached hydrogen (secondary N) is 2. The van der Waals surface area contributed by atoms with Gasteiger partial charge in [0.05, 0.1) is 11.4 Å². The number of unbranched alkanes of at least 4 members (excludes halogenated alkanes) is 2. The summed E-state index contributed by atoms with van der Waals surface area (Å²) < 4.78 is 0. The fourth-order valence-electron chi connectivity index (χ4n) is 4.29. The zero-order valence-electron chi connectivity index (χ0n) is 20.8. The van der Waals surface area contributed by atoms with E-state index in [1.54, 1.807) is 17.5 Å². The van der Waals surface area contributed by atoms with Crippen LogP contribution < -0.4 is 16.4 Å². The number of halogens is 1. The summed E-state index contributed by atoms with van der Waals surface area (Å²) in [6.07, 6.45) is 8.28. The molecule has 0 atom stereocenters. The molecule has 9 nitrogen and oxygen atoms in total. The smallest absolute Gasteiger partial charge is 0.270 e. The second-order valence-electron chi connectivity index (χ2n) is 9.25. The van der Waals surface area contributed by atoms with Crippen molar-refractivity contribution in [2.75, 3.05) is 43.8 Å². The summed E-state index contributed by atoms with van der Waals surface area (Å²) in [6, 6.07) is 7.38. The lowest BCUT2D eigenvalue weighted by Crippen LogP contribution is -2.38. The highest BCUT2D eigenvalue weighted by atomic mass is 35.5. The van der Waals surface area contributed by atoms with Crippen molar-refractivity contribution >= 4 is 40.4 Å². The maximum absolute atomic E-state index is 12.8. The molecule has 0 aliphatic carbocycles. The lowest BCUT2D eigenvalue weighted by molar-refractivity contribution is 0.0930. The van der Waals surface area contributed by atoms with Gasteiger partial charge in [-0.15, -0.1) is 11.3 Å². The molecule has 0 saturated carbocycles. The van der Waals surface area contributed by atoms with Crippen LogP contribution in [0.1, 0.15) is 47.5 Å². The van der Waals surface area contributed by atoms with Crippen LogP contribution in [0.25, 0.3) is 10.7 Å². The van der Waals surface area contributed by atoms with Crippen LogP contribution in [-0.2, 0) is 6.54 Å². The molecular weight excluding hydrogens is 510 g/mol. The predicted molar refractivity (Wildman–Crippen MR) is 149 cm³/mol.